The summed E-state index contributed by atoms with van der Waals surface area (Å²) in [6.07, 6.45) is 3.73. The number of carbonyl (C=O) groups excluding carboxylic acids is 1. The van der Waals surface area contributed by atoms with Crippen molar-refractivity contribution < 1.29 is 4.79 Å². The fourth-order valence-corrected chi connectivity index (χ4v) is 2.51. The molecule has 0 fully saturated rings. The van der Waals surface area contributed by atoms with Crippen molar-refractivity contribution in [2.75, 3.05) is 18.9 Å². The average molecular weight is 339 g/mol. The molecule has 0 aliphatic rings. The standard InChI is InChI=1S/C21H29N3O/c1-6-7-14-24(5)20(25)16-8-13-19(22-15-16)23-18-11-9-17(10-12-18)21(2,3)4/h8-13,15H,6-7,14H2,1-5H3,(H,22,23). The Morgan fingerprint density at radius 1 is 1.12 bits per heavy atom. The minimum absolute atomic E-state index is 0.0158. The van der Waals surface area contributed by atoms with E-state index in [-0.39, 0.29) is 11.3 Å². The van der Waals surface area contributed by atoms with Crippen LogP contribution in [0.4, 0.5) is 11.5 Å². The van der Waals surface area contributed by atoms with Gasteiger partial charge in [-0.2, -0.15) is 0 Å². The van der Waals surface area contributed by atoms with Crippen LogP contribution in [0.3, 0.4) is 0 Å². The highest BCUT2D eigenvalue weighted by molar-refractivity contribution is 5.93. The molecule has 0 unspecified atom stereocenters. The third-order valence-corrected chi connectivity index (χ3v) is 4.23. The molecule has 2 aromatic rings. The molecule has 1 aromatic carbocycles. The Hall–Kier alpha value is -2.36. The van der Waals surface area contributed by atoms with Crippen molar-refractivity contribution in [2.45, 2.75) is 46.0 Å². The lowest BCUT2D eigenvalue weighted by atomic mass is 9.87. The van der Waals surface area contributed by atoms with Gasteiger partial charge in [0.1, 0.15) is 5.82 Å². The van der Waals surface area contributed by atoms with Crippen molar-refractivity contribution in [3.8, 4) is 0 Å². The molecule has 4 nitrogen and oxygen atoms in total. The fourth-order valence-electron chi connectivity index (χ4n) is 2.51. The molecule has 0 bridgehead atoms. The molecule has 1 aromatic heterocycles. The number of anilines is 2. The molecule has 25 heavy (non-hydrogen) atoms. The maximum Gasteiger partial charge on any atom is 0.255 e. The fraction of sp³-hybridized carbons (Fsp3) is 0.429. The highest BCUT2D eigenvalue weighted by Gasteiger charge is 2.13. The van der Waals surface area contributed by atoms with Crippen LogP contribution in [0.1, 0.15) is 56.5 Å². The van der Waals surface area contributed by atoms with Gasteiger partial charge in [0, 0.05) is 25.5 Å². The van der Waals surface area contributed by atoms with Crippen LogP contribution in [0.15, 0.2) is 42.6 Å². The second-order valence-corrected chi connectivity index (χ2v) is 7.46. The SMILES string of the molecule is CCCCN(C)C(=O)c1ccc(Nc2ccc(C(C)(C)C)cc2)nc1. The number of nitrogens with one attached hydrogen (secondary N) is 1. The second kappa shape index (κ2) is 8.15. The van der Waals surface area contributed by atoms with E-state index in [2.05, 4.69) is 62.3 Å². The lowest BCUT2D eigenvalue weighted by Gasteiger charge is -2.19. The van der Waals surface area contributed by atoms with E-state index < -0.39 is 0 Å². The number of hydrogen-bond donors (Lipinski definition) is 1. The van der Waals surface area contributed by atoms with Crippen molar-refractivity contribution >= 4 is 17.4 Å². The van der Waals surface area contributed by atoms with Gasteiger partial charge in [-0.25, -0.2) is 4.98 Å². The summed E-state index contributed by atoms with van der Waals surface area (Å²) in [5, 5.41) is 3.28. The maximum absolute atomic E-state index is 12.3. The Kier molecular flexibility index (Phi) is 6.18. The zero-order valence-electron chi connectivity index (χ0n) is 16.0. The van der Waals surface area contributed by atoms with E-state index in [1.54, 1.807) is 11.1 Å². The van der Waals surface area contributed by atoms with Gasteiger partial charge < -0.3 is 10.2 Å². The zero-order valence-corrected chi connectivity index (χ0v) is 16.0. The van der Waals surface area contributed by atoms with E-state index in [1.807, 2.05) is 19.2 Å². The van der Waals surface area contributed by atoms with Gasteiger partial charge in [-0.05, 0) is 41.7 Å². The van der Waals surface area contributed by atoms with Crippen molar-refractivity contribution in [3.63, 3.8) is 0 Å². The summed E-state index contributed by atoms with van der Waals surface area (Å²) in [5.74, 6) is 0.748. The van der Waals surface area contributed by atoms with Crippen LogP contribution in [0.2, 0.25) is 0 Å². The molecule has 0 spiro atoms. The molecule has 0 saturated heterocycles. The average Bonchev–Trinajstić information content (AvgIpc) is 2.59. The Morgan fingerprint density at radius 2 is 1.80 bits per heavy atom. The van der Waals surface area contributed by atoms with E-state index in [0.717, 1.165) is 30.9 Å². The summed E-state index contributed by atoms with van der Waals surface area (Å²) in [6.45, 7) is 9.49. The van der Waals surface area contributed by atoms with Crippen molar-refractivity contribution in [2.24, 2.45) is 0 Å². The molecule has 0 saturated carbocycles. The summed E-state index contributed by atoms with van der Waals surface area (Å²) < 4.78 is 0. The van der Waals surface area contributed by atoms with Crippen LogP contribution in [-0.4, -0.2) is 29.4 Å². The Balaban J connectivity index is 2.01. The molecule has 0 aliphatic carbocycles. The molecule has 134 valence electrons. The number of hydrogen-bond acceptors (Lipinski definition) is 3. The van der Waals surface area contributed by atoms with Gasteiger partial charge in [0.25, 0.3) is 5.91 Å². The van der Waals surface area contributed by atoms with Gasteiger partial charge in [0.15, 0.2) is 0 Å². The number of benzene rings is 1. The van der Waals surface area contributed by atoms with E-state index in [0.29, 0.717) is 5.56 Å². The van der Waals surface area contributed by atoms with Crippen LogP contribution < -0.4 is 5.32 Å². The normalized spacial score (nSPS) is 11.2. The van der Waals surface area contributed by atoms with Crippen molar-refractivity contribution in [1.29, 1.82) is 0 Å². The van der Waals surface area contributed by atoms with Crippen LogP contribution in [0, 0.1) is 0 Å². The highest BCUT2D eigenvalue weighted by atomic mass is 16.2. The van der Waals surface area contributed by atoms with Gasteiger partial charge >= 0.3 is 0 Å². The van der Waals surface area contributed by atoms with Crippen LogP contribution >= 0.6 is 0 Å². The van der Waals surface area contributed by atoms with E-state index in [9.17, 15) is 4.79 Å². The quantitative estimate of drug-likeness (QED) is 0.806. The first-order valence-electron chi connectivity index (χ1n) is 8.90. The number of unbranched alkanes of at least 4 members (excludes halogenated alkanes) is 1. The molecule has 2 rings (SSSR count). The van der Waals surface area contributed by atoms with Gasteiger partial charge in [-0.1, -0.05) is 46.2 Å². The smallest absolute Gasteiger partial charge is 0.255 e. The lowest BCUT2D eigenvalue weighted by Crippen LogP contribution is -2.27. The first-order valence-corrected chi connectivity index (χ1v) is 8.90. The minimum atomic E-state index is 0.0158. The van der Waals surface area contributed by atoms with Crippen LogP contribution in [-0.2, 0) is 5.41 Å². The lowest BCUT2D eigenvalue weighted by molar-refractivity contribution is 0.0793. The second-order valence-electron chi connectivity index (χ2n) is 7.46. The zero-order chi connectivity index (χ0) is 18.4. The predicted octanol–water partition coefficient (Wildman–Crippen LogP) is 4.99. The van der Waals surface area contributed by atoms with Crippen LogP contribution in [0.25, 0.3) is 0 Å². The largest absolute Gasteiger partial charge is 0.342 e. The van der Waals surface area contributed by atoms with E-state index in [1.165, 1.54) is 5.56 Å². The van der Waals surface area contributed by atoms with Crippen molar-refractivity contribution in [3.05, 3.63) is 53.7 Å². The highest BCUT2D eigenvalue weighted by Crippen LogP contribution is 2.24. The molecule has 4 heteroatoms. The first-order chi connectivity index (χ1) is 11.8. The molecule has 0 atom stereocenters. The molecule has 0 radical (unpaired) electrons. The van der Waals surface area contributed by atoms with Gasteiger partial charge in [0.2, 0.25) is 0 Å². The predicted molar refractivity (Wildman–Crippen MR) is 105 cm³/mol. The molecule has 1 amide bonds. The number of carbonyl (C=O) groups is 1. The number of pyridine rings is 1. The summed E-state index contributed by atoms with van der Waals surface area (Å²) >= 11 is 0. The van der Waals surface area contributed by atoms with E-state index >= 15 is 0 Å². The molecule has 1 heterocycles. The molecular weight excluding hydrogens is 310 g/mol. The summed E-state index contributed by atoms with van der Waals surface area (Å²) in [7, 11) is 1.83. The van der Waals surface area contributed by atoms with Gasteiger partial charge in [-0.3, -0.25) is 4.79 Å². The topological polar surface area (TPSA) is 45.2 Å². The Bertz CT molecular complexity index is 685. The van der Waals surface area contributed by atoms with E-state index in [4.69, 9.17) is 0 Å². The number of amides is 1. The summed E-state index contributed by atoms with van der Waals surface area (Å²) in [4.78, 5) is 18.4. The number of nitrogens with zero attached hydrogens (tertiary/aromatic N) is 2. The molecular formula is C21H29N3O. The third-order valence-electron chi connectivity index (χ3n) is 4.23. The molecule has 1 N–H and O–H groups in total. The third kappa shape index (κ3) is 5.31. The molecule has 0 aliphatic heterocycles. The van der Waals surface area contributed by atoms with Crippen molar-refractivity contribution in [1.82, 2.24) is 9.88 Å². The Morgan fingerprint density at radius 3 is 2.32 bits per heavy atom. The maximum atomic E-state index is 12.3. The van der Waals surface area contributed by atoms with Gasteiger partial charge in [0.05, 0.1) is 5.56 Å². The Labute approximate surface area is 151 Å². The minimum Gasteiger partial charge on any atom is -0.342 e. The van der Waals surface area contributed by atoms with Gasteiger partial charge in [-0.15, -0.1) is 0 Å². The number of rotatable bonds is 6. The first kappa shape index (κ1) is 19.0. The number of aromatic nitrogens is 1. The van der Waals surface area contributed by atoms with Crippen LogP contribution in [0.5, 0.6) is 0 Å². The summed E-state index contributed by atoms with van der Waals surface area (Å²) in [5.41, 5.74) is 3.04. The monoisotopic (exact) mass is 339 g/mol. The summed E-state index contributed by atoms with van der Waals surface area (Å²) in [6, 6.07) is 12.0.